The highest BCUT2D eigenvalue weighted by Crippen LogP contribution is 2.25. The predicted octanol–water partition coefficient (Wildman–Crippen LogP) is 1.30. The molecule has 1 aromatic rings. The molecule has 0 aliphatic heterocycles. The molecule has 0 radical (unpaired) electrons. The van der Waals surface area contributed by atoms with Crippen LogP contribution in [0.3, 0.4) is 0 Å². The van der Waals surface area contributed by atoms with Gasteiger partial charge < -0.3 is 10.7 Å². The Bertz CT molecular complexity index is 395. The number of aromatic amines is 1. The lowest BCUT2D eigenvalue weighted by atomic mass is 10.3. The van der Waals surface area contributed by atoms with Gasteiger partial charge in [-0.25, -0.2) is 4.98 Å². The molecule has 1 rings (SSSR count). The van der Waals surface area contributed by atoms with Gasteiger partial charge in [-0.05, 0) is 6.54 Å². The maximum Gasteiger partial charge on any atom is 0.251 e. The average molecular weight is 241 g/mol. The van der Waals surface area contributed by atoms with Crippen LogP contribution in [-0.4, -0.2) is 21.3 Å². The van der Waals surface area contributed by atoms with Crippen molar-refractivity contribution in [1.82, 2.24) is 9.97 Å². The summed E-state index contributed by atoms with van der Waals surface area (Å²) in [7, 11) is 0. The summed E-state index contributed by atoms with van der Waals surface area (Å²) < 4.78 is 0.169. The largest absolute Gasteiger partial charge is 0.330 e. The highest BCUT2D eigenvalue weighted by atomic mass is 32.2. The summed E-state index contributed by atoms with van der Waals surface area (Å²) in [6.45, 7) is 6.93. The third-order valence-corrected chi connectivity index (χ3v) is 3.17. The van der Waals surface area contributed by atoms with Gasteiger partial charge in [0.1, 0.15) is 5.82 Å². The second kappa shape index (κ2) is 5.50. The van der Waals surface area contributed by atoms with Crippen LogP contribution in [0.2, 0.25) is 0 Å². The number of H-pyrrole nitrogens is 1. The number of rotatable bonds is 4. The zero-order valence-electron chi connectivity index (χ0n) is 10.0. The lowest BCUT2D eigenvalue weighted by Gasteiger charge is -2.16. The fraction of sp³-hybridized carbons (Fsp3) is 0.636. The van der Waals surface area contributed by atoms with Gasteiger partial charge in [-0.2, -0.15) is 0 Å². The molecule has 0 saturated carbocycles. The van der Waals surface area contributed by atoms with Crippen molar-refractivity contribution in [3.8, 4) is 0 Å². The van der Waals surface area contributed by atoms with Crippen LogP contribution in [0.4, 0.5) is 0 Å². The number of nitrogens with two attached hydrogens (primary N) is 1. The molecule has 5 heteroatoms. The van der Waals surface area contributed by atoms with E-state index in [2.05, 4.69) is 30.7 Å². The van der Waals surface area contributed by atoms with Gasteiger partial charge in [0, 0.05) is 22.9 Å². The van der Waals surface area contributed by atoms with E-state index in [9.17, 15) is 4.79 Å². The molecule has 0 saturated heterocycles. The Hall–Kier alpha value is -0.810. The lowest BCUT2D eigenvalue weighted by molar-refractivity contribution is 0.797. The molecule has 0 bridgehead atoms. The second-order valence-corrected chi connectivity index (χ2v) is 6.43. The topological polar surface area (TPSA) is 71.8 Å². The van der Waals surface area contributed by atoms with E-state index in [0.717, 1.165) is 17.3 Å². The number of aromatic nitrogens is 2. The Morgan fingerprint density at radius 1 is 1.50 bits per heavy atom. The van der Waals surface area contributed by atoms with Gasteiger partial charge in [0.15, 0.2) is 0 Å². The molecule has 16 heavy (non-hydrogen) atoms. The molecule has 1 aromatic heterocycles. The minimum atomic E-state index is -0.0945. The smallest absolute Gasteiger partial charge is 0.251 e. The molecule has 0 fully saturated rings. The van der Waals surface area contributed by atoms with Crippen LogP contribution in [0, 0.1) is 0 Å². The van der Waals surface area contributed by atoms with Crippen molar-refractivity contribution in [2.24, 2.45) is 5.73 Å². The van der Waals surface area contributed by atoms with Crippen molar-refractivity contribution < 1.29 is 0 Å². The SMILES string of the molecule is CC(C)(C)SCc1nc(CCN)cc(=O)[nH]1. The van der Waals surface area contributed by atoms with E-state index < -0.39 is 0 Å². The molecule has 0 aliphatic rings. The Morgan fingerprint density at radius 2 is 2.19 bits per heavy atom. The van der Waals surface area contributed by atoms with Gasteiger partial charge in [0.25, 0.3) is 5.56 Å². The monoisotopic (exact) mass is 241 g/mol. The summed E-state index contributed by atoms with van der Waals surface area (Å²) in [5.41, 5.74) is 6.13. The number of hydrogen-bond donors (Lipinski definition) is 2. The van der Waals surface area contributed by atoms with Crippen LogP contribution in [-0.2, 0) is 12.2 Å². The third kappa shape index (κ3) is 4.81. The Labute approximate surface area is 100 Å². The molecule has 4 nitrogen and oxygen atoms in total. The van der Waals surface area contributed by atoms with E-state index in [4.69, 9.17) is 5.73 Å². The van der Waals surface area contributed by atoms with Crippen molar-refractivity contribution in [3.63, 3.8) is 0 Å². The summed E-state index contributed by atoms with van der Waals surface area (Å²) in [5, 5.41) is 0. The average Bonchev–Trinajstić information content (AvgIpc) is 2.13. The summed E-state index contributed by atoms with van der Waals surface area (Å²) >= 11 is 1.76. The Balaban J connectivity index is 2.76. The van der Waals surface area contributed by atoms with E-state index in [-0.39, 0.29) is 10.3 Å². The highest BCUT2D eigenvalue weighted by Gasteiger charge is 2.11. The molecular weight excluding hydrogens is 222 g/mol. The van der Waals surface area contributed by atoms with Gasteiger partial charge >= 0.3 is 0 Å². The van der Waals surface area contributed by atoms with E-state index in [1.54, 1.807) is 11.8 Å². The summed E-state index contributed by atoms with van der Waals surface area (Å²) in [4.78, 5) is 18.5. The number of nitrogens with one attached hydrogen (secondary N) is 1. The molecule has 3 N–H and O–H groups in total. The van der Waals surface area contributed by atoms with Gasteiger partial charge in [-0.1, -0.05) is 20.8 Å². The Kier molecular flexibility index (Phi) is 4.56. The quantitative estimate of drug-likeness (QED) is 0.833. The maximum absolute atomic E-state index is 11.4. The van der Waals surface area contributed by atoms with Crippen molar-refractivity contribution >= 4 is 11.8 Å². The third-order valence-electron chi connectivity index (χ3n) is 1.89. The molecule has 0 aromatic carbocycles. The molecule has 0 amide bonds. The van der Waals surface area contributed by atoms with Crippen LogP contribution >= 0.6 is 11.8 Å². The lowest BCUT2D eigenvalue weighted by Crippen LogP contribution is -2.16. The van der Waals surface area contributed by atoms with E-state index in [0.29, 0.717) is 13.0 Å². The van der Waals surface area contributed by atoms with Crippen LogP contribution in [0.1, 0.15) is 32.3 Å². The minimum Gasteiger partial charge on any atom is -0.330 e. The number of thioether (sulfide) groups is 1. The molecular formula is C11H19N3OS. The normalized spacial score (nSPS) is 11.8. The number of nitrogens with zero attached hydrogens (tertiary/aromatic N) is 1. The zero-order chi connectivity index (χ0) is 12.2. The fourth-order valence-electron chi connectivity index (χ4n) is 1.19. The predicted molar refractivity (Wildman–Crippen MR) is 68.7 cm³/mol. The first-order chi connectivity index (χ1) is 7.40. The first-order valence-electron chi connectivity index (χ1n) is 5.34. The fourth-order valence-corrected chi connectivity index (χ4v) is 1.90. The summed E-state index contributed by atoms with van der Waals surface area (Å²) in [5.74, 6) is 1.45. The highest BCUT2D eigenvalue weighted by molar-refractivity contribution is 7.99. The summed E-state index contributed by atoms with van der Waals surface area (Å²) in [6, 6.07) is 1.51. The molecule has 0 spiro atoms. The van der Waals surface area contributed by atoms with Crippen LogP contribution in [0.15, 0.2) is 10.9 Å². The van der Waals surface area contributed by atoms with Gasteiger partial charge in [0.2, 0.25) is 0 Å². The zero-order valence-corrected chi connectivity index (χ0v) is 10.9. The van der Waals surface area contributed by atoms with E-state index in [1.807, 2.05) is 0 Å². The van der Waals surface area contributed by atoms with Crippen LogP contribution < -0.4 is 11.3 Å². The second-order valence-electron chi connectivity index (χ2n) is 4.62. The van der Waals surface area contributed by atoms with Crippen molar-refractivity contribution in [2.45, 2.75) is 37.7 Å². The molecule has 90 valence electrons. The molecule has 0 atom stereocenters. The Morgan fingerprint density at radius 3 is 2.75 bits per heavy atom. The maximum atomic E-state index is 11.4. The van der Waals surface area contributed by atoms with Gasteiger partial charge in [0.05, 0.1) is 5.75 Å². The van der Waals surface area contributed by atoms with Crippen molar-refractivity contribution in [1.29, 1.82) is 0 Å². The summed E-state index contributed by atoms with van der Waals surface area (Å²) in [6.07, 6.45) is 0.650. The van der Waals surface area contributed by atoms with Crippen LogP contribution in [0.25, 0.3) is 0 Å². The molecule has 1 heterocycles. The van der Waals surface area contributed by atoms with Crippen molar-refractivity contribution in [2.75, 3.05) is 6.54 Å². The molecule has 0 aliphatic carbocycles. The standard InChI is InChI=1S/C11H19N3OS/c1-11(2,3)16-7-9-13-8(4-5-12)6-10(15)14-9/h6H,4-5,7,12H2,1-3H3,(H,13,14,15). The first kappa shape index (κ1) is 13.3. The van der Waals surface area contributed by atoms with E-state index >= 15 is 0 Å². The minimum absolute atomic E-state index is 0.0945. The van der Waals surface area contributed by atoms with Crippen LogP contribution in [0.5, 0.6) is 0 Å². The van der Waals surface area contributed by atoms with E-state index in [1.165, 1.54) is 6.07 Å². The van der Waals surface area contributed by atoms with Gasteiger partial charge in [-0.15, -0.1) is 11.8 Å². The van der Waals surface area contributed by atoms with Gasteiger partial charge in [-0.3, -0.25) is 4.79 Å². The number of hydrogen-bond acceptors (Lipinski definition) is 4. The van der Waals surface area contributed by atoms with Crippen molar-refractivity contribution in [3.05, 3.63) is 27.9 Å². The molecule has 0 unspecified atom stereocenters. The first-order valence-corrected chi connectivity index (χ1v) is 6.32.